The summed E-state index contributed by atoms with van der Waals surface area (Å²) in [6.07, 6.45) is 1.63. The second-order valence-corrected chi connectivity index (χ2v) is 1.91. The fraction of sp³-hybridized carbons (Fsp3) is 0.333. The number of aryl methyl sites for hydroxylation is 1. The van der Waals surface area contributed by atoms with Crippen LogP contribution in [0.1, 0.15) is 12.6 Å². The molecule has 0 saturated heterocycles. The zero-order valence-corrected chi connectivity index (χ0v) is 5.59. The Morgan fingerprint density at radius 2 is 2.50 bits per heavy atom. The van der Waals surface area contributed by atoms with Gasteiger partial charge in [0.25, 0.3) is 0 Å². The van der Waals surface area contributed by atoms with E-state index in [4.69, 9.17) is 5.11 Å². The van der Waals surface area contributed by atoms with Crippen molar-refractivity contribution < 1.29 is 5.11 Å². The van der Waals surface area contributed by atoms with Gasteiger partial charge >= 0.3 is 0 Å². The molecule has 1 rings (SSSR count). The lowest BCUT2D eigenvalue weighted by Crippen LogP contribution is -2.05. The topological polar surface area (TPSA) is 66.0 Å². The van der Waals surface area contributed by atoms with Crippen LogP contribution in [0.15, 0.2) is 11.0 Å². The zero-order chi connectivity index (χ0) is 7.56. The van der Waals surface area contributed by atoms with Gasteiger partial charge in [-0.1, -0.05) is 6.92 Å². The second-order valence-electron chi connectivity index (χ2n) is 1.91. The Hall–Kier alpha value is -1.32. The summed E-state index contributed by atoms with van der Waals surface area (Å²) in [5.74, 6) is -0.225. The minimum Gasteiger partial charge on any atom is -0.503 e. The Bertz CT molecular complexity index is 279. The van der Waals surface area contributed by atoms with Crippen molar-refractivity contribution in [1.29, 1.82) is 0 Å². The highest BCUT2D eigenvalue weighted by molar-refractivity contribution is 5.22. The van der Waals surface area contributed by atoms with Crippen molar-refractivity contribution >= 4 is 0 Å². The molecular weight excluding hydrogens is 132 g/mol. The quantitative estimate of drug-likeness (QED) is 0.578. The lowest BCUT2D eigenvalue weighted by molar-refractivity contribution is 0.456. The van der Waals surface area contributed by atoms with Crippen molar-refractivity contribution in [2.24, 2.45) is 0 Å². The van der Waals surface area contributed by atoms with Crippen LogP contribution in [0.2, 0.25) is 0 Å². The van der Waals surface area contributed by atoms with E-state index in [0.717, 1.165) is 6.20 Å². The number of H-pyrrole nitrogens is 1. The highest BCUT2D eigenvalue weighted by atomic mass is 16.3. The summed E-state index contributed by atoms with van der Waals surface area (Å²) < 4.78 is 0. The first-order chi connectivity index (χ1) is 4.75. The van der Waals surface area contributed by atoms with Gasteiger partial charge in [-0.2, -0.15) is 5.10 Å². The van der Waals surface area contributed by atoms with Gasteiger partial charge in [0.1, 0.15) is 0 Å². The molecule has 0 aliphatic carbocycles. The number of aromatic amines is 1. The first kappa shape index (κ1) is 6.80. The third kappa shape index (κ3) is 1.00. The number of nitrogens with one attached hydrogen (secondary N) is 1. The molecule has 0 aromatic carbocycles. The summed E-state index contributed by atoms with van der Waals surface area (Å²) in [7, 11) is 0. The minimum absolute atomic E-state index is 0.225. The number of nitrogens with zero attached hydrogens (tertiary/aromatic N) is 1. The van der Waals surface area contributed by atoms with Crippen molar-refractivity contribution in [3.8, 4) is 5.75 Å². The molecule has 0 aliphatic rings. The van der Waals surface area contributed by atoms with Gasteiger partial charge in [-0.3, -0.25) is 9.89 Å². The second kappa shape index (κ2) is 2.51. The summed E-state index contributed by atoms with van der Waals surface area (Å²) in [6.45, 7) is 1.83. The van der Waals surface area contributed by atoms with Crippen LogP contribution in [0.4, 0.5) is 0 Å². The number of hydrogen-bond donors (Lipinski definition) is 2. The molecular formula is C6H8N2O2. The normalized spacial score (nSPS) is 9.70. The molecule has 0 atom stereocenters. The maximum Gasteiger partial charge on any atom is 0.241 e. The van der Waals surface area contributed by atoms with Gasteiger partial charge in [-0.25, -0.2) is 0 Å². The van der Waals surface area contributed by atoms with E-state index < -0.39 is 5.43 Å². The number of aromatic hydroxyl groups is 1. The molecule has 0 spiro atoms. The van der Waals surface area contributed by atoms with Gasteiger partial charge in [0, 0.05) is 0 Å². The van der Waals surface area contributed by atoms with E-state index in [0.29, 0.717) is 12.1 Å². The maximum atomic E-state index is 10.7. The molecule has 4 nitrogen and oxygen atoms in total. The number of rotatable bonds is 1. The van der Waals surface area contributed by atoms with Gasteiger partial charge in [0.05, 0.1) is 11.9 Å². The molecule has 54 valence electrons. The van der Waals surface area contributed by atoms with Crippen molar-refractivity contribution in [1.82, 2.24) is 10.2 Å². The maximum absolute atomic E-state index is 10.7. The average Bonchev–Trinajstić information content (AvgIpc) is 1.95. The Morgan fingerprint density at radius 1 is 1.80 bits per heavy atom. The molecule has 0 fully saturated rings. The van der Waals surface area contributed by atoms with Crippen LogP contribution in [-0.2, 0) is 6.42 Å². The van der Waals surface area contributed by atoms with Gasteiger partial charge in [0.15, 0.2) is 5.75 Å². The van der Waals surface area contributed by atoms with Crippen molar-refractivity contribution in [3.05, 3.63) is 22.1 Å². The van der Waals surface area contributed by atoms with E-state index >= 15 is 0 Å². The van der Waals surface area contributed by atoms with E-state index in [1.54, 1.807) is 0 Å². The predicted molar refractivity (Wildman–Crippen MR) is 35.9 cm³/mol. The first-order valence-corrected chi connectivity index (χ1v) is 3.01. The van der Waals surface area contributed by atoms with Crippen LogP contribution in [0.25, 0.3) is 0 Å². The molecule has 0 aliphatic heterocycles. The van der Waals surface area contributed by atoms with E-state index in [-0.39, 0.29) is 5.75 Å². The Morgan fingerprint density at radius 3 is 3.00 bits per heavy atom. The highest BCUT2D eigenvalue weighted by Crippen LogP contribution is 2.04. The summed E-state index contributed by atoms with van der Waals surface area (Å²) in [5, 5.41) is 15.1. The van der Waals surface area contributed by atoms with Gasteiger partial charge in [-0.15, -0.1) is 0 Å². The highest BCUT2D eigenvalue weighted by Gasteiger charge is 2.01. The SMILES string of the molecule is CCc1[nH]ncc(=O)c1O. The third-order valence-corrected chi connectivity index (χ3v) is 1.25. The fourth-order valence-electron chi connectivity index (χ4n) is 0.678. The molecule has 2 N–H and O–H groups in total. The Balaban J connectivity index is 3.28. The largest absolute Gasteiger partial charge is 0.503 e. The number of hydrogen-bond acceptors (Lipinski definition) is 3. The summed E-state index contributed by atoms with van der Waals surface area (Å²) >= 11 is 0. The van der Waals surface area contributed by atoms with Crippen LogP contribution < -0.4 is 5.43 Å². The van der Waals surface area contributed by atoms with Gasteiger partial charge in [0.2, 0.25) is 5.43 Å². The smallest absolute Gasteiger partial charge is 0.241 e. The molecule has 0 radical (unpaired) electrons. The van der Waals surface area contributed by atoms with Gasteiger partial charge < -0.3 is 5.11 Å². The van der Waals surface area contributed by atoms with Crippen LogP contribution in [0.5, 0.6) is 5.75 Å². The number of aromatic nitrogens is 2. The van der Waals surface area contributed by atoms with Crippen LogP contribution in [-0.4, -0.2) is 15.3 Å². The molecule has 0 bridgehead atoms. The lowest BCUT2D eigenvalue weighted by Gasteiger charge is -1.96. The summed E-state index contributed by atoms with van der Waals surface area (Å²) in [5.41, 5.74) is 0.0445. The third-order valence-electron chi connectivity index (χ3n) is 1.25. The average molecular weight is 140 g/mol. The predicted octanol–water partition coefficient (Wildman–Crippen LogP) is 0.0379. The van der Waals surface area contributed by atoms with Crippen molar-refractivity contribution in [2.45, 2.75) is 13.3 Å². The molecule has 4 heteroatoms. The monoisotopic (exact) mass is 140 g/mol. The van der Waals surface area contributed by atoms with Crippen LogP contribution in [0, 0.1) is 0 Å². The molecule has 1 aromatic rings. The zero-order valence-electron chi connectivity index (χ0n) is 5.59. The molecule has 0 saturated carbocycles. The fourth-order valence-corrected chi connectivity index (χ4v) is 0.678. The van der Waals surface area contributed by atoms with E-state index in [1.165, 1.54) is 0 Å². The standard InChI is InChI=1S/C6H8N2O2/c1-2-4-6(10)5(9)3-7-8-4/h3H,2H2,1H3,(H,7,10)(H,8,9). The molecule has 1 aromatic heterocycles. The van der Waals surface area contributed by atoms with Crippen molar-refractivity contribution in [3.63, 3.8) is 0 Å². The summed E-state index contributed by atoms with van der Waals surface area (Å²) in [4.78, 5) is 10.7. The Labute approximate surface area is 57.5 Å². The van der Waals surface area contributed by atoms with Crippen molar-refractivity contribution in [2.75, 3.05) is 0 Å². The first-order valence-electron chi connectivity index (χ1n) is 3.01. The lowest BCUT2D eigenvalue weighted by atomic mass is 10.3. The van der Waals surface area contributed by atoms with E-state index in [1.807, 2.05) is 6.92 Å². The molecule has 10 heavy (non-hydrogen) atoms. The van der Waals surface area contributed by atoms with Crippen LogP contribution >= 0.6 is 0 Å². The summed E-state index contributed by atoms with van der Waals surface area (Å²) in [6, 6.07) is 0. The molecule has 0 unspecified atom stereocenters. The van der Waals surface area contributed by atoms with Crippen LogP contribution in [0.3, 0.4) is 0 Å². The van der Waals surface area contributed by atoms with E-state index in [9.17, 15) is 4.79 Å². The molecule has 0 amide bonds. The van der Waals surface area contributed by atoms with E-state index in [2.05, 4.69) is 10.2 Å². The van der Waals surface area contributed by atoms with Gasteiger partial charge in [-0.05, 0) is 6.42 Å². The molecule has 1 heterocycles. The minimum atomic E-state index is -0.435. The Kier molecular flexibility index (Phi) is 1.71.